The van der Waals surface area contributed by atoms with Crippen LogP contribution in [0.2, 0.25) is 0 Å². The first-order chi connectivity index (χ1) is 34.2. The van der Waals surface area contributed by atoms with Gasteiger partial charge in [0.1, 0.15) is 0 Å². The van der Waals surface area contributed by atoms with Crippen molar-refractivity contribution >= 4 is 92.4 Å². The smallest absolute Gasteiger partial charge is 0.425 e. The highest BCUT2D eigenvalue weighted by atomic mass is 32.2. The molecule has 0 fully saturated rings. The van der Waals surface area contributed by atoms with Crippen molar-refractivity contribution in [2.24, 2.45) is 11.8 Å². The van der Waals surface area contributed by atoms with Crippen molar-refractivity contribution in [2.45, 2.75) is 21.1 Å². The molecule has 6 aliphatic rings. The Morgan fingerprint density at radius 2 is 1.14 bits per heavy atom. The summed E-state index contributed by atoms with van der Waals surface area (Å²) >= 11 is 0. The summed E-state index contributed by atoms with van der Waals surface area (Å²) in [5, 5.41) is 27.6. The topological polar surface area (TPSA) is 301 Å². The second kappa shape index (κ2) is 16.2. The molecule has 18 nitrogen and oxygen atoms in total. The van der Waals surface area contributed by atoms with Gasteiger partial charge in [-0.05, 0) is 75.7 Å². The van der Waals surface area contributed by atoms with Crippen molar-refractivity contribution in [2.75, 3.05) is 16.0 Å². The van der Waals surface area contributed by atoms with Gasteiger partial charge in [0.2, 0.25) is 0 Å². The number of hydrogen-bond donors (Lipinski definition) is 6. The second-order valence-corrected chi connectivity index (χ2v) is 21.1. The summed E-state index contributed by atoms with van der Waals surface area (Å²) in [6, 6.07) is 39.5. The van der Waals surface area contributed by atoms with Crippen LogP contribution in [0.3, 0.4) is 0 Å². The summed E-state index contributed by atoms with van der Waals surface area (Å²) < 4.78 is 121. The quantitative estimate of drug-likeness (QED) is 0.137. The molecule has 0 aromatic heterocycles. The maximum Gasteiger partial charge on any atom is 0.425 e. The van der Waals surface area contributed by atoms with Crippen molar-refractivity contribution in [3.05, 3.63) is 184 Å². The zero-order chi connectivity index (χ0) is 50.8. The molecule has 7 aromatic carbocycles. The van der Waals surface area contributed by atoms with E-state index >= 15 is 9.90 Å². The Bertz CT molecular complexity index is 4200. The van der Waals surface area contributed by atoms with Gasteiger partial charge in [-0.25, -0.2) is 4.99 Å². The van der Waals surface area contributed by atoms with Gasteiger partial charge in [0, 0.05) is 33.3 Å². The van der Waals surface area contributed by atoms with Gasteiger partial charge in [-0.1, -0.05) is 103 Å². The number of fused-ring (bicyclic) bond motifs is 10. The van der Waals surface area contributed by atoms with E-state index in [-0.39, 0.29) is 26.9 Å². The van der Waals surface area contributed by atoms with Crippen LogP contribution in [-0.4, -0.2) is 62.7 Å². The summed E-state index contributed by atoms with van der Waals surface area (Å²) in [7, 11) is -15.4. The highest BCUT2D eigenvalue weighted by molar-refractivity contribution is 7.86. The van der Waals surface area contributed by atoms with Crippen LogP contribution >= 0.6 is 0 Å². The van der Waals surface area contributed by atoms with E-state index < -0.39 is 64.6 Å². The van der Waals surface area contributed by atoms with Crippen molar-refractivity contribution in [1.29, 1.82) is 0 Å². The van der Waals surface area contributed by atoms with Crippen LogP contribution in [0, 0.1) is 11.8 Å². The largest absolute Gasteiger partial charge is 0.874 e. The van der Waals surface area contributed by atoms with Gasteiger partial charge >= 0.3 is 21.2 Å². The lowest BCUT2D eigenvalue weighted by molar-refractivity contribution is -0.543. The summed E-state index contributed by atoms with van der Waals surface area (Å²) in [5.41, 5.74) is 7.99. The van der Waals surface area contributed by atoms with Gasteiger partial charge < -0.3 is 21.1 Å². The standard InChI is InChI=1S/C50H32N4O8S2.2O3S/c55-47-43(33-19-15-25-7-5-13-39-41(25)45(33)53-49(51-39)35-11-3-1-9-29(35)31-21-17-27(23-37(31)49)63(57,58)59)48(56)44(47)34-20-16-26-8-6-14-40-42(26)46(34)54-50(52-40)36-12-4-2-10-30(36)32-22-18-28(24-38(32)50)64(60,61)62;2*1-4(2)3/h1-24,33,43,51-52,54-55H,(H,57,58,59)(H,60,61,62);;. The fourth-order valence-corrected chi connectivity index (χ4v) is 12.1. The first-order valence-corrected chi connectivity index (χ1v) is 26.4. The molecule has 4 atom stereocenters. The molecule has 2 aliphatic heterocycles. The number of carbonyl (C=O) groups is 1. The Labute approximate surface area is 411 Å². The van der Waals surface area contributed by atoms with Gasteiger partial charge in [-0.3, -0.25) is 13.9 Å². The van der Waals surface area contributed by atoms with E-state index in [4.69, 9.17) is 25.3 Å². The zero-order valence-corrected chi connectivity index (χ0v) is 39.7. The van der Waals surface area contributed by atoms with Crippen molar-refractivity contribution in [1.82, 2.24) is 0 Å². The minimum atomic E-state index is -4.58. The molecule has 13 rings (SSSR count). The number of carbonyl (C=O) groups excluding carboxylic acids is 1. The van der Waals surface area contributed by atoms with Gasteiger partial charge in [-0.2, -0.15) is 16.8 Å². The molecule has 6 N–H and O–H groups in total. The van der Waals surface area contributed by atoms with Crippen molar-refractivity contribution in [3.8, 4) is 22.3 Å². The van der Waals surface area contributed by atoms with Crippen LogP contribution in [0.15, 0.2) is 155 Å². The summed E-state index contributed by atoms with van der Waals surface area (Å²) in [4.78, 5) is 18.2. The SMILES string of the molecule is O=C1C(c2ccc3cccc4c3c2NC2(N4)c3ccccc3-c3ccc(S(=O)(=O)O)cc32)=C([O-])C1C1C=Cc2cccc3c2C1=[NH+]C1(N3)c2ccccc2-c2ccc(S(=O)(=O)O)cc21.O=S(=O)=O.O=S(=O)=O. The number of benzene rings is 7. The fraction of sp³-hybridized carbons (Fsp3) is 0.0800. The number of nitrogens with one attached hydrogen (secondary N) is 4. The number of anilines is 3. The predicted molar refractivity (Wildman–Crippen MR) is 259 cm³/mol. The molecular formula is C50H32N4O14S4. The van der Waals surface area contributed by atoms with Crippen LogP contribution in [-0.2, 0) is 57.6 Å². The molecule has 0 saturated carbocycles. The Balaban J connectivity index is 0.000000655. The van der Waals surface area contributed by atoms with Crippen LogP contribution in [0.1, 0.15) is 38.9 Å². The number of rotatable bonds is 4. The molecular weight excluding hydrogens is 1010 g/mol. The third-order valence-electron chi connectivity index (χ3n) is 13.8. The highest BCUT2D eigenvalue weighted by Crippen LogP contribution is 2.56. The number of hydrogen-bond acceptors (Lipinski definition) is 15. The summed E-state index contributed by atoms with van der Waals surface area (Å²) in [6.45, 7) is 0. The molecule has 0 saturated heterocycles. The van der Waals surface area contributed by atoms with E-state index in [1.165, 1.54) is 24.3 Å². The van der Waals surface area contributed by atoms with Crippen LogP contribution < -0.4 is 26.0 Å². The lowest BCUT2D eigenvalue weighted by Gasteiger charge is -2.44. The molecule has 0 amide bonds. The van der Waals surface area contributed by atoms with E-state index in [0.717, 1.165) is 55.3 Å². The van der Waals surface area contributed by atoms with Crippen molar-refractivity contribution < 1.29 is 66.1 Å². The second-order valence-electron chi connectivity index (χ2n) is 17.4. The lowest BCUT2D eigenvalue weighted by Crippen LogP contribution is -2.91. The Hall–Kier alpha value is -8.12. The van der Waals surface area contributed by atoms with E-state index in [0.29, 0.717) is 39.5 Å². The van der Waals surface area contributed by atoms with E-state index in [2.05, 4.69) is 20.9 Å². The molecule has 0 radical (unpaired) electrons. The molecule has 4 unspecified atom stereocenters. The molecule has 22 heteroatoms. The van der Waals surface area contributed by atoms with Gasteiger partial charge in [-0.15, -0.1) is 31.0 Å². The number of allylic oxidation sites excluding steroid dienone is 3. The van der Waals surface area contributed by atoms with Gasteiger partial charge in [0.15, 0.2) is 17.2 Å². The third-order valence-corrected chi connectivity index (χ3v) is 15.5. The average Bonchev–Trinajstić information content (AvgIpc) is 3.74. The van der Waals surface area contributed by atoms with E-state index in [1.54, 1.807) is 18.2 Å². The van der Waals surface area contributed by atoms with Gasteiger partial charge in [0.05, 0.1) is 49.7 Å². The Morgan fingerprint density at radius 3 is 1.79 bits per heavy atom. The van der Waals surface area contributed by atoms with Gasteiger partial charge in [0.25, 0.3) is 25.9 Å². The normalized spacial score (nSPS) is 20.9. The maximum atomic E-state index is 15.0. The first-order valence-electron chi connectivity index (χ1n) is 21.5. The molecule has 2 spiro atoms. The molecule has 0 bridgehead atoms. The van der Waals surface area contributed by atoms with Crippen molar-refractivity contribution in [3.63, 3.8) is 0 Å². The first kappa shape index (κ1) is 46.3. The predicted octanol–water partition coefficient (Wildman–Crippen LogP) is 3.83. The summed E-state index contributed by atoms with van der Waals surface area (Å²) in [6.07, 6.45) is 3.79. The molecule has 72 heavy (non-hydrogen) atoms. The molecule has 7 aromatic rings. The fourth-order valence-electron chi connectivity index (χ4n) is 11.1. The minimum Gasteiger partial charge on any atom is -0.874 e. The molecule has 4 aliphatic carbocycles. The lowest BCUT2D eigenvalue weighted by atomic mass is 9.66. The number of Topliss-reactive ketones (excluding diaryl/α,β-unsaturated/α-hetero) is 1. The molecule has 2 heterocycles. The van der Waals surface area contributed by atoms with Crippen LogP contribution in [0.5, 0.6) is 0 Å². The minimum absolute atomic E-state index is 0.0329. The third kappa shape index (κ3) is 6.93. The highest BCUT2D eigenvalue weighted by Gasteiger charge is 2.56. The molecule has 360 valence electrons. The zero-order valence-electron chi connectivity index (χ0n) is 36.4. The monoisotopic (exact) mass is 1040 g/mol. The van der Waals surface area contributed by atoms with Crippen LogP contribution in [0.4, 0.5) is 17.1 Å². The van der Waals surface area contributed by atoms with E-state index in [1.807, 2.05) is 103 Å². The average molecular weight is 1040 g/mol. The Kier molecular flexibility index (Phi) is 10.4. The number of ketones is 1. The Morgan fingerprint density at radius 1 is 0.583 bits per heavy atom. The van der Waals surface area contributed by atoms with E-state index in [9.17, 15) is 25.9 Å². The maximum absolute atomic E-state index is 15.0. The summed E-state index contributed by atoms with van der Waals surface area (Å²) in [5.74, 6) is -2.55. The van der Waals surface area contributed by atoms with Crippen LogP contribution in [0.25, 0.3) is 44.7 Å².